The number of ether oxygens (including phenoxy) is 4. The molecule has 0 bridgehead atoms. The Morgan fingerprint density at radius 1 is 0.290 bits per heavy atom. The van der Waals surface area contributed by atoms with Crippen molar-refractivity contribution in [2.75, 3.05) is 39.6 Å². The van der Waals surface area contributed by atoms with E-state index < -0.39 is 97.5 Å². The van der Waals surface area contributed by atoms with Gasteiger partial charge in [-0.25, -0.2) is 9.13 Å². The number of carbonyl (C=O) groups excluding carboxylic acids is 4. The summed E-state index contributed by atoms with van der Waals surface area (Å²) in [7, 11) is -9.90. The van der Waals surface area contributed by atoms with Crippen LogP contribution < -0.4 is 0 Å². The molecule has 0 saturated heterocycles. The predicted molar refractivity (Wildman–Crippen MR) is 377 cm³/mol. The maximum atomic E-state index is 13.1. The first kappa shape index (κ1) is 91.1. The highest BCUT2D eigenvalue weighted by Crippen LogP contribution is 2.45. The Balaban J connectivity index is 5.14. The molecule has 552 valence electrons. The first-order chi connectivity index (χ1) is 45.0. The van der Waals surface area contributed by atoms with Crippen LogP contribution >= 0.6 is 15.6 Å². The second-order valence-electron chi connectivity index (χ2n) is 27.2. The summed E-state index contributed by atoms with van der Waals surface area (Å²) in [5.41, 5.74) is 0. The van der Waals surface area contributed by atoms with Gasteiger partial charge in [-0.15, -0.1) is 0 Å². The minimum absolute atomic E-state index is 0.107. The average Bonchev–Trinajstić information content (AvgIpc) is 1.87. The van der Waals surface area contributed by atoms with Gasteiger partial charge in [0.1, 0.15) is 19.3 Å². The van der Waals surface area contributed by atoms with Gasteiger partial charge in [-0.2, -0.15) is 0 Å². The van der Waals surface area contributed by atoms with E-state index in [1.165, 1.54) is 205 Å². The van der Waals surface area contributed by atoms with Crippen LogP contribution in [-0.4, -0.2) is 96.7 Å². The zero-order valence-electron chi connectivity index (χ0n) is 60.4. The standard InChI is InChI=1S/C74H144O17P2/c1-6-9-12-15-17-19-21-23-25-28-32-35-39-43-48-53-58-72(77)85-64-70(91-74(79)60-55-50-45-41-37-33-29-26-27-30-34-38-42-47-51-56-67(4)5)66-89-93(82,83)87-62-68(75)61-86-92(80,81)88-65-69(63-84-71(76)57-52-46-14-11-8-3)90-73(78)59-54-49-44-40-36-31-24-22-20-18-16-13-10-7-2/h67-70,75H,6-66H2,1-5H3,(H,80,81)(H,82,83)/t68-,69+,70+/m0/s1. The lowest BCUT2D eigenvalue weighted by atomic mass is 10.0. The highest BCUT2D eigenvalue weighted by atomic mass is 31.2. The van der Waals surface area contributed by atoms with E-state index in [2.05, 4.69) is 34.6 Å². The largest absolute Gasteiger partial charge is 0.472 e. The number of hydrogen-bond acceptors (Lipinski definition) is 15. The van der Waals surface area contributed by atoms with E-state index in [4.69, 9.17) is 37.0 Å². The molecule has 0 aliphatic heterocycles. The summed E-state index contributed by atoms with van der Waals surface area (Å²) in [6, 6.07) is 0. The van der Waals surface area contributed by atoms with Gasteiger partial charge in [0, 0.05) is 25.7 Å². The van der Waals surface area contributed by atoms with Gasteiger partial charge >= 0.3 is 39.5 Å². The molecular weight excluding hydrogens is 1220 g/mol. The van der Waals surface area contributed by atoms with Gasteiger partial charge in [-0.05, 0) is 31.6 Å². The lowest BCUT2D eigenvalue weighted by Gasteiger charge is -2.21. The first-order valence-corrected chi connectivity index (χ1v) is 41.6. The number of unbranched alkanes of at least 4 members (excludes halogenated alkanes) is 46. The Morgan fingerprint density at radius 3 is 0.731 bits per heavy atom. The molecule has 2 unspecified atom stereocenters. The van der Waals surface area contributed by atoms with Gasteiger partial charge in [-0.3, -0.25) is 37.3 Å². The Morgan fingerprint density at radius 2 is 0.495 bits per heavy atom. The maximum Gasteiger partial charge on any atom is 0.472 e. The summed E-state index contributed by atoms with van der Waals surface area (Å²) in [6.07, 6.45) is 55.8. The second-order valence-corrected chi connectivity index (χ2v) is 30.1. The van der Waals surface area contributed by atoms with Crippen LogP contribution in [0.25, 0.3) is 0 Å². The number of phosphoric ester groups is 2. The monoisotopic (exact) mass is 1370 g/mol. The number of phosphoric acid groups is 2. The lowest BCUT2D eigenvalue weighted by molar-refractivity contribution is -0.161. The van der Waals surface area contributed by atoms with E-state index in [9.17, 15) is 43.2 Å². The summed E-state index contributed by atoms with van der Waals surface area (Å²) in [4.78, 5) is 72.5. The molecule has 3 N–H and O–H groups in total. The maximum absolute atomic E-state index is 13.1. The Kier molecular flexibility index (Phi) is 65.9. The van der Waals surface area contributed by atoms with E-state index in [1.54, 1.807) is 0 Å². The molecule has 0 aromatic rings. The number of rotatable bonds is 74. The zero-order valence-corrected chi connectivity index (χ0v) is 62.2. The zero-order chi connectivity index (χ0) is 68.4. The van der Waals surface area contributed by atoms with Crippen molar-refractivity contribution >= 4 is 39.5 Å². The SMILES string of the molecule is CCCCCCCCCCCCCCCCCCC(=O)OC[C@H](COP(=O)(O)OC[C@@H](O)COP(=O)(O)OC[C@@H](COC(=O)CCCCCCC)OC(=O)CCCCCCCCCCCCCCCC)OC(=O)CCCCCCCCCCCCCCCCCC(C)C. The van der Waals surface area contributed by atoms with Gasteiger partial charge in [0.25, 0.3) is 0 Å². The average molecular weight is 1370 g/mol. The van der Waals surface area contributed by atoms with Gasteiger partial charge in [0.05, 0.1) is 26.4 Å². The summed E-state index contributed by atoms with van der Waals surface area (Å²) >= 11 is 0. The number of aliphatic hydroxyl groups is 1. The molecule has 0 radical (unpaired) electrons. The predicted octanol–water partition coefficient (Wildman–Crippen LogP) is 21.7. The third-order valence-corrected chi connectivity index (χ3v) is 19.2. The van der Waals surface area contributed by atoms with Crippen LogP contribution in [0.2, 0.25) is 0 Å². The van der Waals surface area contributed by atoms with Crippen LogP contribution in [0.1, 0.15) is 388 Å². The summed E-state index contributed by atoms with van der Waals surface area (Å²) in [6.45, 7) is 7.23. The highest BCUT2D eigenvalue weighted by Gasteiger charge is 2.30. The minimum Gasteiger partial charge on any atom is -0.462 e. The smallest absolute Gasteiger partial charge is 0.462 e. The Hall–Kier alpha value is -1.94. The fraction of sp³-hybridized carbons (Fsp3) is 0.946. The van der Waals surface area contributed by atoms with Crippen molar-refractivity contribution in [1.82, 2.24) is 0 Å². The molecule has 0 aliphatic carbocycles. The van der Waals surface area contributed by atoms with Gasteiger partial charge < -0.3 is 33.8 Å². The van der Waals surface area contributed by atoms with Gasteiger partial charge in [-0.1, -0.05) is 336 Å². The quantitative estimate of drug-likeness (QED) is 0.0222. The van der Waals surface area contributed by atoms with Crippen LogP contribution in [0.15, 0.2) is 0 Å². The molecule has 0 rings (SSSR count). The minimum atomic E-state index is -4.95. The van der Waals surface area contributed by atoms with E-state index in [1.807, 2.05) is 0 Å². The molecule has 19 heteroatoms. The number of aliphatic hydroxyl groups excluding tert-OH is 1. The van der Waals surface area contributed by atoms with Crippen molar-refractivity contribution in [2.24, 2.45) is 5.92 Å². The van der Waals surface area contributed by atoms with Crippen molar-refractivity contribution in [3.8, 4) is 0 Å². The Labute approximate surface area is 568 Å². The van der Waals surface area contributed by atoms with Crippen molar-refractivity contribution in [3.05, 3.63) is 0 Å². The molecule has 0 heterocycles. The molecule has 17 nitrogen and oxygen atoms in total. The van der Waals surface area contributed by atoms with Crippen LogP contribution in [0, 0.1) is 5.92 Å². The van der Waals surface area contributed by atoms with Crippen molar-refractivity contribution in [2.45, 2.75) is 406 Å². The van der Waals surface area contributed by atoms with Crippen molar-refractivity contribution < 1.29 is 80.2 Å². The third kappa shape index (κ3) is 68.4. The van der Waals surface area contributed by atoms with Crippen molar-refractivity contribution in [1.29, 1.82) is 0 Å². The number of esters is 4. The molecule has 0 aromatic heterocycles. The number of carbonyl (C=O) groups is 4. The summed E-state index contributed by atoms with van der Waals surface area (Å²) < 4.78 is 68.2. The Bertz CT molecular complexity index is 1790. The van der Waals surface area contributed by atoms with E-state index in [0.717, 1.165) is 102 Å². The van der Waals surface area contributed by atoms with Crippen molar-refractivity contribution in [3.63, 3.8) is 0 Å². The topological polar surface area (TPSA) is 237 Å². The lowest BCUT2D eigenvalue weighted by Crippen LogP contribution is -2.30. The fourth-order valence-corrected chi connectivity index (χ4v) is 12.9. The molecule has 0 spiro atoms. The van der Waals surface area contributed by atoms with Crippen LogP contribution in [-0.2, 0) is 65.4 Å². The molecule has 0 aliphatic rings. The van der Waals surface area contributed by atoms with Crippen LogP contribution in [0.3, 0.4) is 0 Å². The van der Waals surface area contributed by atoms with E-state index in [-0.39, 0.29) is 25.7 Å². The molecule has 0 amide bonds. The van der Waals surface area contributed by atoms with Crippen LogP contribution in [0.4, 0.5) is 0 Å². The number of hydrogen-bond donors (Lipinski definition) is 3. The van der Waals surface area contributed by atoms with Gasteiger partial charge in [0.15, 0.2) is 12.2 Å². The molecular formula is C74H144O17P2. The first-order valence-electron chi connectivity index (χ1n) is 38.6. The van der Waals surface area contributed by atoms with E-state index >= 15 is 0 Å². The summed E-state index contributed by atoms with van der Waals surface area (Å²) in [5, 5.41) is 10.6. The van der Waals surface area contributed by atoms with Crippen LogP contribution in [0.5, 0.6) is 0 Å². The molecule has 0 saturated carbocycles. The molecule has 0 aromatic carbocycles. The third-order valence-electron chi connectivity index (χ3n) is 17.3. The fourth-order valence-electron chi connectivity index (χ4n) is 11.4. The van der Waals surface area contributed by atoms with E-state index in [0.29, 0.717) is 25.7 Å². The van der Waals surface area contributed by atoms with Gasteiger partial charge in [0.2, 0.25) is 0 Å². The molecule has 93 heavy (non-hydrogen) atoms. The highest BCUT2D eigenvalue weighted by molar-refractivity contribution is 7.47. The second kappa shape index (κ2) is 67.3. The molecule has 5 atom stereocenters. The molecule has 0 fully saturated rings. The summed E-state index contributed by atoms with van der Waals surface area (Å²) in [5.74, 6) is -1.32. The normalized spacial score (nSPS) is 14.0.